The number of piperidine rings is 1. The Labute approximate surface area is 141 Å². The molecule has 0 amide bonds. The normalized spacial score (nSPS) is 20.9. The Morgan fingerprint density at radius 2 is 1.78 bits per heavy atom. The predicted molar refractivity (Wildman–Crippen MR) is 93.7 cm³/mol. The van der Waals surface area contributed by atoms with E-state index in [1.807, 2.05) is 48.5 Å². The molecule has 1 fully saturated rings. The molecule has 0 aliphatic carbocycles. The predicted octanol–water partition coefficient (Wildman–Crippen LogP) is 3.47. The summed E-state index contributed by atoms with van der Waals surface area (Å²) in [6.45, 7) is 1.69. The number of benzene rings is 2. The number of nitrogens with one attached hydrogen (secondary N) is 1. The molecule has 1 saturated heterocycles. The smallest absolute Gasteiger partial charge is 0.316 e. The molecular weight excluding hydrogens is 306 g/mol. The number of rotatable bonds is 5. The lowest BCUT2D eigenvalue weighted by Gasteiger charge is -2.32. The molecular formula is C19H21NO2S. The molecule has 2 aromatic carbocycles. The highest BCUT2D eigenvalue weighted by atomic mass is 32.2. The van der Waals surface area contributed by atoms with E-state index in [2.05, 4.69) is 17.4 Å². The molecule has 2 aromatic rings. The van der Waals surface area contributed by atoms with Crippen LogP contribution in [0, 0.1) is 0 Å². The van der Waals surface area contributed by atoms with Gasteiger partial charge in [0.05, 0.1) is 5.75 Å². The number of ether oxygens (including phenoxy) is 1. The summed E-state index contributed by atoms with van der Waals surface area (Å²) in [6.07, 6.45) is 0.906. The number of hydrogen-bond acceptors (Lipinski definition) is 4. The highest BCUT2D eigenvalue weighted by Gasteiger charge is 2.29. The van der Waals surface area contributed by atoms with Crippen LogP contribution in [-0.2, 0) is 9.53 Å². The van der Waals surface area contributed by atoms with Crippen LogP contribution >= 0.6 is 11.8 Å². The Kier molecular flexibility index (Phi) is 5.72. The van der Waals surface area contributed by atoms with Crippen molar-refractivity contribution in [1.29, 1.82) is 0 Å². The van der Waals surface area contributed by atoms with Gasteiger partial charge < -0.3 is 10.1 Å². The van der Waals surface area contributed by atoms with Crippen molar-refractivity contribution >= 4 is 17.7 Å². The van der Waals surface area contributed by atoms with Crippen molar-refractivity contribution in [3.05, 3.63) is 66.2 Å². The van der Waals surface area contributed by atoms with Gasteiger partial charge in [0.25, 0.3) is 0 Å². The minimum Gasteiger partial charge on any atom is -0.460 e. The summed E-state index contributed by atoms with van der Waals surface area (Å²) in [5, 5.41) is 3.33. The van der Waals surface area contributed by atoms with E-state index in [1.54, 1.807) is 0 Å². The van der Waals surface area contributed by atoms with Crippen molar-refractivity contribution in [3.8, 4) is 0 Å². The first-order valence-electron chi connectivity index (χ1n) is 7.96. The average Bonchev–Trinajstić information content (AvgIpc) is 2.62. The van der Waals surface area contributed by atoms with E-state index in [9.17, 15) is 4.79 Å². The molecule has 3 rings (SSSR count). The molecule has 3 nitrogen and oxygen atoms in total. The Balaban J connectivity index is 1.57. The Hall–Kier alpha value is -1.78. The Morgan fingerprint density at radius 1 is 1.09 bits per heavy atom. The van der Waals surface area contributed by atoms with Crippen molar-refractivity contribution in [1.82, 2.24) is 5.32 Å². The third kappa shape index (κ3) is 4.60. The second kappa shape index (κ2) is 8.18. The number of hydrogen-bond donors (Lipinski definition) is 1. The second-order valence-corrected chi connectivity index (χ2v) is 6.69. The topological polar surface area (TPSA) is 38.3 Å². The van der Waals surface area contributed by atoms with Gasteiger partial charge in [-0.05, 0) is 30.7 Å². The van der Waals surface area contributed by atoms with E-state index in [-0.39, 0.29) is 18.0 Å². The van der Waals surface area contributed by atoms with Crippen LogP contribution in [0.15, 0.2) is 65.6 Å². The number of carbonyl (C=O) groups excluding carboxylic acids is 1. The third-order valence-corrected chi connectivity index (χ3v) is 5.02. The second-order valence-electron chi connectivity index (χ2n) is 5.64. The van der Waals surface area contributed by atoms with E-state index in [0.29, 0.717) is 5.75 Å². The largest absolute Gasteiger partial charge is 0.460 e. The zero-order valence-electron chi connectivity index (χ0n) is 13.0. The van der Waals surface area contributed by atoms with Gasteiger partial charge in [-0.15, -0.1) is 11.8 Å². The van der Waals surface area contributed by atoms with E-state index in [1.165, 1.54) is 17.3 Å². The molecule has 0 radical (unpaired) electrons. The van der Waals surface area contributed by atoms with E-state index < -0.39 is 0 Å². The van der Waals surface area contributed by atoms with Gasteiger partial charge in [-0.25, -0.2) is 0 Å². The van der Waals surface area contributed by atoms with Crippen molar-refractivity contribution < 1.29 is 9.53 Å². The first kappa shape index (κ1) is 16.1. The Bertz CT molecular complexity index is 618. The van der Waals surface area contributed by atoms with Crippen molar-refractivity contribution in [2.45, 2.75) is 23.3 Å². The maximum atomic E-state index is 12.2. The van der Waals surface area contributed by atoms with Crippen LogP contribution in [0.3, 0.4) is 0 Å². The molecule has 2 atom stereocenters. The van der Waals surface area contributed by atoms with Gasteiger partial charge in [0, 0.05) is 17.4 Å². The Morgan fingerprint density at radius 3 is 2.52 bits per heavy atom. The molecule has 0 saturated carbocycles. The summed E-state index contributed by atoms with van der Waals surface area (Å²) < 4.78 is 5.76. The van der Waals surface area contributed by atoms with E-state index >= 15 is 0 Å². The van der Waals surface area contributed by atoms with Crippen molar-refractivity contribution in [3.63, 3.8) is 0 Å². The van der Waals surface area contributed by atoms with Gasteiger partial charge in [0.2, 0.25) is 0 Å². The molecule has 0 unspecified atom stereocenters. The quantitative estimate of drug-likeness (QED) is 0.674. The fourth-order valence-corrected chi connectivity index (χ4v) is 3.60. The van der Waals surface area contributed by atoms with Crippen LogP contribution in [0.25, 0.3) is 0 Å². The molecule has 4 heteroatoms. The molecule has 1 N–H and O–H groups in total. The summed E-state index contributed by atoms with van der Waals surface area (Å²) in [7, 11) is 0. The van der Waals surface area contributed by atoms with Crippen LogP contribution in [0.1, 0.15) is 17.9 Å². The SMILES string of the molecule is O=C(CSc1ccccc1)O[C@H]1CNCC[C@@H]1c1ccccc1. The number of esters is 1. The zero-order valence-corrected chi connectivity index (χ0v) is 13.8. The standard InChI is InChI=1S/C19H21NO2S/c21-19(14-23-16-9-5-2-6-10-16)22-18-13-20-12-11-17(18)15-7-3-1-4-8-15/h1-10,17-18,20H,11-14H2/t17-,18+/m1/s1. The fourth-order valence-electron chi connectivity index (χ4n) is 2.90. The zero-order chi connectivity index (χ0) is 15.9. The summed E-state index contributed by atoms with van der Waals surface area (Å²) >= 11 is 1.52. The van der Waals surface area contributed by atoms with E-state index in [0.717, 1.165) is 24.4 Å². The maximum absolute atomic E-state index is 12.2. The van der Waals surface area contributed by atoms with Crippen LogP contribution < -0.4 is 5.32 Å². The third-order valence-electron chi connectivity index (χ3n) is 4.04. The van der Waals surface area contributed by atoms with Crippen molar-refractivity contribution in [2.75, 3.05) is 18.8 Å². The highest BCUT2D eigenvalue weighted by Crippen LogP contribution is 2.28. The van der Waals surface area contributed by atoms with Crippen LogP contribution in [0.2, 0.25) is 0 Å². The highest BCUT2D eigenvalue weighted by molar-refractivity contribution is 8.00. The van der Waals surface area contributed by atoms with Gasteiger partial charge in [0.1, 0.15) is 6.10 Å². The fraction of sp³-hybridized carbons (Fsp3) is 0.316. The van der Waals surface area contributed by atoms with Gasteiger partial charge in [-0.1, -0.05) is 48.5 Å². The maximum Gasteiger partial charge on any atom is 0.316 e. The minimum absolute atomic E-state index is 0.0879. The summed E-state index contributed by atoms with van der Waals surface area (Å²) in [5.74, 6) is 0.485. The lowest BCUT2D eigenvalue weighted by Crippen LogP contribution is -2.42. The molecule has 23 heavy (non-hydrogen) atoms. The van der Waals surface area contributed by atoms with Gasteiger partial charge in [-0.2, -0.15) is 0 Å². The summed E-state index contributed by atoms with van der Waals surface area (Å²) in [5.41, 5.74) is 1.25. The number of thioether (sulfide) groups is 1. The first-order valence-corrected chi connectivity index (χ1v) is 8.94. The summed E-state index contributed by atoms with van der Waals surface area (Å²) in [4.78, 5) is 13.3. The van der Waals surface area contributed by atoms with Crippen LogP contribution in [0.4, 0.5) is 0 Å². The molecule has 1 heterocycles. The summed E-state index contributed by atoms with van der Waals surface area (Å²) in [6, 6.07) is 20.3. The van der Waals surface area contributed by atoms with Crippen LogP contribution in [-0.4, -0.2) is 30.9 Å². The van der Waals surface area contributed by atoms with Gasteiger partial charge in [-0.3, -0.25) is 4.79 Å². The molecule has 0 spiro atoms. The van der Waals surface area contributed by atoms with Gasteiger partial charge >= 0.3 is 5.97 Å². The lowest BCUT2D eigenvalue weighted by atomic mass is 9.88. The van der Waals surface area contributed by atoms with Crippen molar-refractivity contribution in [2.24, 2.45) is 0 Å². The molecule has 0 aromatic heterocycles. The molecule has 120 valence electrons. The van der Waals surface area contributed by atoms with E-state index in [4.69, 9.17) is 4.74 Å². The lowest BCUT2D eigenvalue weighted by molar-refractivity contribution is -0.147. The monoisotopic (exact) mass is 327 g/mol. The number of carbonyl (C=O) groups is 1. The van der Waals surface area contributed by atoms with Crippen LogP contribution in [0.5, 0.6) is 0 Å². The average molecular weight is 327 g/mol. The van der Waals surface area contributed by atoms with Gasteiger partial charge in [0.15, 0.2) is 0 Å². The molecule has 1 aliphatic rings. The minimum atomic E-state index is -0.145. The molecule has 1 aliphatic heterocycles. The first-order chi connectivity index (χ1) is 11.3. The molecule has 0 bridgehead atoms.